The van der Waals surface area contributed by atoms with Crippen molar-refractivity contribution in [1.29, 1.82) is 0 Å². The first-order chi connectivity index (χ1) is 13.0. The lowest BCUT2D eigenvalue weighted by Gasteiger charge is -2.32. The predicted octanol–water partition coefficient (Wildman–Crippen LogP) is 1.99. The number of piperidine rings is 1. The Morgan fingerprint density at radius 2 is 2.11 bits per heavy atom. The van der Waals surface area contributed by atoms with Gasteiger partial charge in [0.05, 0.1) is 18.6 Å². The van der Waals surface area contributed by atoms with Gasteiger partial charge in [0.2, 0.25) is 0 Å². The summed E-state index contributed by atoms with van der Waals surface area (Å²) in [4.78, 5) is 15.5. The van der Waals surface area contributed by atoms with Crippen molar-refractivity contribution in [2.75, 3.05) is 39.3 Å². The third kappa shape index (κ3) is 5.29. The highest BCUT2D eigenvalue weighted by Gasteiger charge is 2.34. The molecule has 2 atom stereocenters. The van der Waals surface area contributed by atoms with Crippen LogP contribution in [0.2, 0.25) is 0 Å². The van der Waals surface area contributed by atoms with Crippen molar-refractivity contribution < 1.29 is 17.9 Å². The lowest BCUT2D eigenvalue weighted by Crippen LogP contribution is -2.49. The van der Waals surface area contributed by atoms with E-state index >= 15 is 0 Å². The first-order valence-corrected chi connectivity index (χ1v) is 12.0. The molecule has 1 aromatic heterocycles. The van der Waals surface area contributed by atoms with Crippen LogP contribution in [0.4, 0.5) is 0 Å². The fourth-order valence-corrected chi connectivity index (χ4v) is 5.99. The van der Waals surface area contributed by atoms with Crippen LogP contribution in [-0.4, -0.2) is 62.9 Å². The molecule has 2 fully saturated rings. The Labute approximate surface area is 165 Å². The maximum atomic E-state index is 12.8. The average molecular weight is 416 g/mol. The molecule has 3 rings (SSSR count). The molecule has 0 aliphatic carbocycles. The number of carbonyl (C=O) groups excluding carboxylic acids is 1. The molecule has 1 N–H and O–H groups in total. The average Bonchev–Trinajstić information content (AvgIpc) is 3.37. The molecule has 2 aliphatic heterocycles. The Hall–Kier alpha value is -1.00. The predicted molar refractivity (Wildman–Crippen MR) is 106 cm³/mol. The largest absolute Gasteiger partial charge is 0.466 e. The summed E-state index contributed by atoms with van der Waals surface area (Å²) in [5.74, 6) is -0.673. The molecule has 3 heterocycles. The second kappa shape index (κ2) is 9.47. The van der Waals surface area contributed by atoms with E-state index in [4.69, 9.17) is 4.74 Å². The minimum atomic E-state index is -3.63. The third-order valence-corrected chi connectivity index (χ3v) is 7.77. The maximum absolute atomic E-state index is 12.8. The number of carbonyl (C=O) groups is 1. The summed E-state index contributed by atoms with van der Waals surface area (Å²) >= 11 is 1.66. The molecule has 7 nitrogen and oxygen atoms in total. The van der Waals surface area contributed by atoms with Gasteiger partial charge in [-0.2, -0.15) is 12.7 Å². The molecule has 2 aliphatic rings. The zero-order chi connectivity index (χ0) is 19.3. The van der Waals surface area contributed by atoms with Crippen molar-refractivity contribution in [3.05, 3.63) is 22.4 Å². The monoisotopic (exact) mass is 415 g/mol. The second-order valence-corrected chi connectivity index (χ2v) is 9.81. The van der Waals surface area contributed by atoms with Gasteiger partial charge in [0, 0.05) is 24.5 Å². The fourth-order valence-electron chi connectivity index (χ4n) is 3.83. The van der Waals surface area contributed by atoms with Crippen LogP contribution in [0.3, 0.4) is 0 Å². The van der Waals surface area contributed by atoms with E-state index in [2.05, 4.69) is 15.7 Å². The molecule has 9 heteroatoms. The molecule has 0 amide bonds. The number of esters is 1. The van der Waals surface area contributed by atoms with E-state index in [1.165, 1.54) is 9.18 Å². The molecule has 2 saturated heterocycles. The zero-order valence-corrected chi connectivity index (χ0v) is 17.4. The van der Waals surface area contributed by atoms with Crippen LogP contribution in [0.25, 0.3) is 0 Å². The summed E-state index contributed by atoms with van der Waals surface area (Å²) in [5, 5.41) is 2.03. The lowest BCUT2D eigenvalue weighted by molar-refractivity contribution is -0.149. The number of ether oxygens (including phenoxy) is 1. The van der Waals surface area contributed by atoms with E-state index in [0.29, 0.717) is 32.5 Å². The number of hydrogen-bond acceptors (Lipinski definition) is 6. The van der Waals surface area contributed by atoms with Gasteiger partial charge in [0.15, 0.2) is 0 Å². The normalized spacial score (nSPS) is 23.4. The van der Waals surface area contributed by atoms with E-state index in [9.17, 15) is 13.2 Å². The van der Waals surface area contributed by atoms with Gasteiger partial charge in [-0.1, -0.05) is 6.07 Å². The Bertz CT molecular complexity index is 702. The summed E-state index contributed by atoms with van der Waals surface area (Å²) < 4.78 is 35.0. The topological polar surface area (TPSA) is 78.9 Å². The van der Waals surface area contributed by atoms with Gasteiger partial charge in [-0.25, -0.2) is 4.72 Å². The van der Waals surface area contributed by atoms with Gasteiger partial charge >= 0.3 is 5.97 Å². The van der Waals surface area contributed by atoms with Crippen LogP contribution < -0.4 is 4.72 Å². The molecule has 0 radical (unpaired) electrons. The Morgan fingerprint density at radius 3 is 2.78 bits per heavy atom. The highest BCUT2D eigenvalue weighted by molar-refractivity contribution is 7.87. The van der Waals surface area contributed by atoms with Gasteiger partial charge in [-0.3, -0.25) is 9.69 Å². The van der Waals surface area contributed by atoms with Gasteiger partial charge < -0.3 is 4.74 Å². The Morgan fingerprint density at radius 1 is 1.33 bits per heavy atom. The highest BCUT2D eigenvalue weighted by Crippen LogP contribution is 2.28. The molecule has 27 heavy (non-hydrogen) atoms. The van der Waals surface area contributed by atoms with Crippen LogP contribution >= 0.6 is 11.3 Å². The number of likely N-dealkylation sites (tertiary alicyclic amines) is 1. The quantitative estimate of drug-likeness (QED) is 0.657. The van der Waals surface area contributed by atoms with Crippen LogP contribution in [0.1, 0.15) is 43.5 Å². The molecule has 152 valence electrons. The highest BCUT2D eigenvalue weighted by atomic mass is 32.2. The van der Waals surface area contributed by atoms with Crippen molar-refractivity contribution in [1.82, 2.24) is 13.9 Å². The molecule has 0 unspecified atom stereocenters. The number of nitrogens with one attached hydrogen (secondary N) is 1. The van der Waals surface area contributed by atoms with Crippen molar-refractivity contribution >= 4 is 27.5 Å². The van der Waals surface area contributed by atoms with Gasteiger partial charge in [-0.15, -0.1) is 11.3 Å². The molecule has 0 saturated carbocycles. The standard InChI is InChI=1S/C18H29N3O4S2/c1-2-25-18(22)15-7-5-11-21(14-15)27(23,24)19-13-16(17-8-6-12-26-17)20-9-3-4-10-20/h6,8,12,15-16,19H,2-5,7,9-11,13-14H2,1H3/t15-,16-/m1/s1. The Kier molecular flexibility index (Phi) is 7.27. The van der Waals surface area contributed by atoms with Gasteiger partial charge in [-0.05, 0) is 57.1 Å². The summed E-state index contributed by atoms with van der Waals surface area (Å²) in [6.45, 7) is 5.07. The SMILES string of the molecule is CCOC(=O)[C@@H]1CCCN(S(=O)(=O)NC[C@H](c2cccs2)N2CCCC2)C1. The van der Waals surface area contributed by atoms with Crippen molar-refractivity contribution in [2.24, 2.45) is 5.92 Å². The number of thiophene rings is 1. The molecule has 0 spiro atoms. The van der Waals surface area contributed by atoms with E-state index in [0.717, 1.165) is 25.9 Å². The summed E-state index contributed by atoms with van der Waals surface area (Å²) in [6.07, 6.45) is 3.66. The lowest BCUT2D eigenvalue weighted by atomic mass is 10.0. The smallest absolute Gasteiger partial charge is 0.310 e. The second-order valence-electron chi connectivity index (χ2n) is 7.08. The third-order valence-electron chi connectivity index (χ3n) is 5.26. The zero-order valence-electron chi connectivity index (χ0n) is 15.8. The van der Waals surface area contributed by atoms with Crippen LogP contribution in [0.5, 0.6) is 0 Å². The van der Waals surface area contributed by atoms with E-state index in [-0.39, 0.29) is 24.5 Å². The van der Waals surface area contributed by atoms with E-state index in [1.54, 1.807) is 18.3 Å². The maximum Gasteiger partial charge on any atom is 0.310 e. The number of hydrogen-bond donors (Lipinski definition) is 1. The molecule has 0 aromatic carbocycles. The van der Waals surface area contributed by atoms with Crippen LogP contribution in [-0.2, 0) is 19.7 Å². The first-order valence-electron chi connectivity index (χ1n) is 9.70. The first kappa shape index (κ1) is 20.7. The van der Waals surface area contributed by atoms with Crippen molar-refractivity contribution in [2.45, 2.75) is 38.6 Å². The van der Waals surface area contributed by atoms with Gasteiger partial charge in [0.1, 0.15) is 0 Å². The summed E-state index contributed by atoms with van der Waals surface area (Å²) in [5.41, 5.74) is 0. The minimum Gasteiger partial charge on any atom is -0.466 e. The molecular weight excluding hydrogens is 386 g/mol. The summed E-state index contributed by atoms with van der Waals surface area (Å²) in [7, 11) is -3.63. The minimum absolute atomic E-state index is 0.0629. The summed E-state index contributed by atoms with van der Waals surface area (Å²) in [6, 6.07) is 4.14. The van der Waals surface area contributed by atoms with Crippen LogP contribution in [0, 0.1) is 5.92 Å². The van der Waals surface area contributed by atoms with Crippen molar-refractivity contribution in [3.63, 3.8) is 0 Å². The number of rotatable bonds is 8. The number of nitrogens with zero attached hydrogens (tertiary/aromatic N) is 2. The van der Waals surface area contributed by atoms with Crippen molar-refractivity contribution in [3.8, 4) is 0 Å². The van der Waals surface area contributed by atoms with E-state index < -0.39 is 10.2 Å². The Balaban J connectivity index is 1.63. The van der Waals surface area contributed by atoms with Gasteiger partial charge in [0.25, 0.3) is 10.2 Å². The van der Waals surface area contributed by atoms with E-state index in [1.807, 2.05) is 11.4 Å². The fraction of sp³-hybridized carbons (Fsp3) is 0.722. The molecule has 1 aromatic rings. The molecular formula is C18H29N3O4S2. The molecule has 0 bridgehead atoms. The van der Waals surface area contributed by atoms with Crippen LogP contribution in [0.15, 0.2) is 17.5 Å².